The van der Waals surface area contributed by atoms with E-state index in [2.05, 4.69) is 42.5 Å². The van der Waals surface area contributed by atoms with Gasteiger partial charge < -0.3 is 68.2 Å². The number of nitrogens with two attached hydrogens (primary N) is 2. The van der Waals surface area contributed by atoms with Gasteiger partial charge in [0, 0.05) is 25.9 Å². The van der Waals surface area contributed by atoms with Crippen LogP contribution in [0.5, 0.6) is 0 Å². The lowest BCUT2D eigenvalue weighted by atomic mass is 10.0. The van der Waals surface area contributed by atoms with Gasteiger partial charge in [-0.1, -0.05) is 35.9 Å². The third-order valence-electron chi connectivity index (χ3n) is 8.09. The molecule has 2 rings (SSSR count). The minimum atomic E-state index is -1.45. The van der Waals surface area contributed by atoms with Gasteiger partial charge in [-0.2, -0.15) is 0 Å². The average Bonchev–Trinajstić information content (AvgIpc) is 3.20. The normalized spacial score (nSPS) is 19.0. The van der Waals surface area contributed by atoms with E-state index in [0.717, 1.165) is 6.54 Å². The molecule has 3 atom stereocenters. The lowest BCUT2D eigenvalue weighted by Crippen LogP contribution is -2.55. The van der Waals surface area contributed by atoms with E-state index in [4.69, 9.17) is 25.7 Å². The van der Waals surface area contributed by atoms with Crippen LogP contribution in [0.2, 0.25) is 0 Å². The van der Waals surface area contributed by atoms with Gasteiger partial charge >= 0.3 is 0 Å². The highest BCUT2D eigenvalue weighted by atomic mass is 32.2. The fourth-order valence-electron chi connectivity index (χ4n) is 5.03. The van der Waals surface area contributed by atoms with E-state index in [9.17, 15) is 38.4 Å². The molecule has 0 saturated carbocycles. The van der Waals surface area contributed by atoms with E-state index in [1.54, 1.807) is 37.3 Å². The maximum Gasteiger partial charge on any atom is 0.283 e. The van der Waals surface area contributed by atoms with E-state index >= 15 is 0 Å². The topological polar surface area (TPSA) is 313 Å². The minimum absolute atomic E-state index is 0.0282. The molecule has 1 aliphatic rings. The number of nitrogens with one attached hydrogen (secondary N) is 8. The van der Waals surface area contributed by atoms with Gasteiger partial charge in [0.2, 0.25) is 41.4 Å². The van der Waals surface area contributed by atoms with Crippen molar-refractivity contribution in [1.29, 1.82) is 0 Å². The molecular formula is C36H56N10O11S. The van der Waals surface area contributed by atoms with Gasteiger partial charge in [0.05, 0.1) is 65.8 Å². The Morgan fingerprint density at radius 3 is 2.02 bits per heavy atom. The number of rotatable bonds is 20. The van der Waals surface area contributed by atoms with Crippen LogP contribution in [0.15, 0.2) is 40.8 Å². The fraction of sp³-hybridized carbons (Fsp3) is 0.556. The van der Waals surface area contributed by atoms with Crippen LogP contribution in [0.25, 0.3) is 0 Å². The van der Waals surface area contributed by atoms with Crippen molar-refractivity contribution in [3.8, 4) is 0 Å². The van der Waals surface area contributed by atoms with Gasteiger partial charge in [-0.3, -0.25) is 38.4 Å². The van der Waals surface area contributed by atoms with Crippen molar-refractivity contribution in [1.82, 2.24) is 42.5 Å². The summed E-state index contributed by atoms with van der Waals surface area (Å²) in [5.41, 5.74) is 12.2. The molecule has 1 aromatic rings. The molecule has 1 aliphatic heterocycles. The summed E-state index contributed by atoms with van der Waals surface area (Å²) in [6.45, 7) is 2.31. The second-order valence-corrected chi connectivity index (χ2v) is 13.8. The highest BCUT2D eigenvalue weighted by Crippen LogP contribution is 2.28. The summed E-state index contributed by atoms with van der Waals surface area (Å²) in [6.07, 6.45) is -0.545. The molecule has 0 unspecified atom stereocenters. The zero-order valence-corrected chi connectivity index (χ0v) is 33.6. The summed E-state index contributed by atoms with van der Waals surface area (Å²) in [7, 11) is 1.83. The highest BCUT2D eigenvalue weighted by molar-refractivity contribution is 8.16. The minimum Gasteiger partial charge on any atom is -0.378 e. The van der Waals surface area contributed by atoms with Crippen molar-refractivity contribution in [2.45, 2.75) is 44.3 Å². The second-order valence-electron chi connectivity index (χ2n) is 12.7. The number of likely N-dealkylation sites (N-methyl/N-ethyl adjacent to an activating group) is 1. The predicted molar refractivity (Wildman–Crippen MR) is 213 cm³/mol. The maximum atomic E-state index is 13.9. The molecule has 0 radical (unpaired) electrons. The Morgan fingerprint density at radius 2 is 1.41 bits per heavy atom. The molecule has 322 valence electrons. The maximum absolute atomic E-state index is 13.9. The van der Waals surface area contributed by atoms with Gasteiger partial charge in [0.25, 0.3) is 5.24 Å². The Labute approximate surface area is 341 Å². The van der Waals surface area contributed by atoms with E-state index in [1.165, 1.54) is 0 Å². The molecule has 0 fully saturated rings. The average molecular weight is 837 g/mol. The van der Waals surface area contributed by atoms with Crippen LogP contribution < -0.4 is 54.0 Å². The van der Waals surface area contributed by atoms with Crippen molar-refractivity contribution in [2.24, 2.45) is 11.5 Å². The van der Waals surface area contributed by atoms with Crippen LogP contribution in [0.3, 0.4) is 0 Å². The van der Waals surface area contributed by atoms with Crippen LogP contribution in [0.1, 0.15) is 25.3 Å². The quantitative estimate of drug-likeness (QED) is 0.0565. The molecule has 0 aliphatic carbocycles. The molecular weight excluding hydrogens is 781 g/mol. The number of hydrogen-bond acceptors (Lipinski definition) is 14. The van der Waals surface area contributed by atoms with Gasteiger partial charge in [-0.15, -0.1) is 0 Å². The van der Waals surface area contributed by atoms with Gasteiger partial charge in [0.1, 0.15) is 18.1 Å². The Morgan fingerprint density at radius 1 is 0.828 bits per heavy atom. The molecule has 1 heterocycles. The zero-order chi connectivity index (χ0) is 42.7. The lowest BCUT2D eigenvalue weighted by Gasteiger charge is -2.25. The number of ether oxygens (including phenoxy) is 3. The number of carbonyl (C=O) groups excluding carboxylic acids is 8. The molecule has 21 nitrogen and oxygen atoms in total. The first-order valence-corrected chi connectivity index (χ1v) is 19.4. The number of carbonyl (C=O) groups is 8. The van der Waals surface area contributed by atoms with Crippen molar-refractivity contribution >= 4 is 58.4 Å². The molecule has 0 bridgehead atoms. The van der Waals surface area contributed by atoms with Crippen molar-refractivity contribution < 1.29 is 52.6 Å². The van der Waals surface area contributed by atoms with Crippen molar-refractivity contribution in [2.75, 3.05) is 86.0 Å². The molecule has 12 N–H and O–H groups in total. The third-order valence-corrected chi connectivity index (χ3v) is 9.19. The van der Waals surface area contributed by atoms with E-state index in [-0.39, 0.29) is 43.9 Å². The van der Waals surface area contributed by atoms with Crippen LogP contribution >= 0.6 is 11.8 Å². The Balaban J connectivity index is 2.34. The number of amides is 8. The molecule has 22 heteroatoms. The molecule has 58 heavy (non-hydrogen) atoms. The first-order chi connectivity index (χ1) is 27.8. The lowest BCUT2D eigenvalue weighted by molar-refractivity contribution is -0.131. The Kier molecular flexibility index (Phi) is 23.9. The zero-order valence-electron chi connectivity index (χ0n) is 32.8. The van der Waals surface area contributed by atoms with Crippen molar-refractivity contribution in [3.05, 3.63) is 46.4 Å². The summed E-state index contributed by atoms with van der Waals surface area (Å²) >= 11 is 0.666. The second kappa shape index (κ2) is 28.3. The van der Waals surface area contributed by atoms with Crippen molar-refractivity contribution in [3.63, 3.8) is 0 Å². The molecule has 0 aromatic heterocycles. The molecule has 0 spiro atoms. The van der Waals surface area contributed by atoms with E-state index < -0.39 is 90.9 Å². The van der Waals surface area contributed by atoms with Crippen LogP contribution in [-0.2, 0) is 54.2 Å². The number of benzene rings is 1. The van der Waals surface area contributed by atoms with Crippen LogP contribution in [0.4, 0.5) is 4.79 Å². The SMILES string of the molecule is CNCCOCCOCCOCCNC(=O)S/C1=C(\C)C[C@H](NC(=O)CN)C(=O)NCC(=O)NCC(=O)NCC(=O)N[C@H](C(=O)N[C@@H](Cc2ccccc2)C(N)=O)C1. The summed E-state index contributed by atoms with van der Waals surface area (Å²) in [5.74, 6) is -5.49. The van der Waals surface area contributed by atoms with Gasteiger partial charge in [-0.05, 0) is 42.6 Å². The summed E-state index contributed by atoms with van der Waals surface area (Å²) < 4.78 is 16.4. The summed E-state index contributed by atoms with van der Waals surface area (Å²) in [6, 6.07) is 4.79. The van der Waals surface area contributed by atoms with Crippen LogP contribution in [0, 0.1) is 0 Å². The Hall–Kier alpha value is -5.13. The first kappa shape index (κ1) is 49.0. The summed E-state index contributed by atoms with van der Waals surface area (Å²) in [4.78, 5) is 103. The summed E-state index contributed by atoms with van der Waals surface area (Å²) in [5, 5.41) is 19.7. The number of thioether (sulfide) groups is 1. The van der Waals surface area contributed by atoms with Gasteiger partial charge in [-0.25, -0.2) is 0 Å². The third kappa shape index (κ3) is 20.9. The Bertz CT molecular complexity index is 1570. The van der Waals surface area contributed by atoms with E-state index in [0.29, 0.717) is 49.3 Å². The monoisotopic (exact) mass is 836 g/mol. The van der Waals surface area contributed by atoms with Crippen LogP contribution in [-0.4, -0.2) is 151 Å². The van der Waals surface area contributed by atoms with E-state index in [1.807, 2.05) is 7.05 Å². The smallest absolute Gasteiger partial charge is 0.283 e. The molecule has 0 saturated heterocycles. The highest BCUT2D eigenvalue weighted by Gasteiger charge is 2.30. The molecule has 8 amide bonds. The fourth-order valence-corrected chi connectivity index (χ4v) is 5.94. The van der Waals surface area contributed by atoms with Gasteiger partial charge in [0.15, 0.2) is 0 Å². The predicted octanol–water partition coefficient (Wildman–Crippen LogP) is -3.74. The molecule has 1 aromatic carbocycles. The number of primary amides is 1. The first-order valence-electron chi connectivity index (χ1n) is 18.6. The standard InChI is InChI=1S/C36H56N10O11S/c1-23-16-26(44-29(47)19-37)34(52)43-21-31(49)41-20-30(48)42-22-32(50)45-27(35(53)46-25(33(38)51)17-24-6-4-3-5-7-24)18-28(23)58-36(54)40-9-11-56-13-15-57-14-12-55-10-8-39-2/h3-7,25-27,39H,8-22,37H2,1-2H3,(H2,38,51)(H,40,54)(H,41,49)(H,42,48)(H,43,52)(H,44,47)(H,45,50)(H,46,53)/b28-23+/t25-,26-,27-/m0/s1. The largest absolute Gasteiger partial charge is 0.378 e. The number of hydrogen-bond donors (Lipinski definition) is 10.